The molecule has 10 heteroatoms. The van der Waals surface area contributed by atoms with E-state index in [1.54, 1.807) is 24.3 Å². The summed E-state index contributed by atoms with van der Waals surface area (Å²) in [6.07, 6.45) is 3.35. The summed E-state index contributed by atoms with van der Waals surface area (Å²) in [5.74, 6) is -1.98. The number of benzene rings is 1. The Kier molecular flexibility index (Phi) is 8.36. The molecule has 1 aromatic carbocycles. The fourth-order valence-electron chi connectivity index (χ4n) is 3.48. The molecule has 3 amide bonds. The summed E-state index contributed by atoms with van der Waals surface area (Å²) in [6.45, 7) is 3.11. The number of methoxy groups -OCH3 is 1. The second-order valence-electron chi connectivity index (χ2n) is 6.88. The van der Waals surface area contributed by atoms with Crippen LogP contribution in [0.15, 0.2) is 36.4 Å². The highest BCUT2D eigenvalue weighted by molar-refractivity contribution is 6.05. The Morgan fingerprint density at radius 2 is 1.67 bits per heavy atom. The van der Waals surface area contributed by atoms with Crippen LogP contribution in [0, 0.1) is 5.92 Å². The third kappa shape index (κ3) is 6.89. The van der Waals surface area contributed by atoms with E-state index in [0.717, 1.165) is 32.5 Å². The number of nitrogens with zero attached hydrogens (tertiary/aromatic N) is 1. The first-order chi connectivity index (χ1) is 14.3. The van der Waals surface area contributed by atoms with Crippen molar-refractivity contribution < 1.29 is 34.1 Å². The number of nitrogens with one attached hydrogen (secondary N) is 2. The molecule has 1 atom stereocenters. The van der Waals surface area contributed by atoms with Crippen LogP contribution in [0.3, 0.4) is 0 Å². The Labute approximate surface area is 173 Å². The van der Waals surface area contributed by atoms with E-state index in [4.69, 9.17) is 14.9 Å². The third-order valence-corrected chi connectivity index (χ3v) is 4.92. The summed E-state index contributed by atoms with van der Waals surface area (Å²) in [5.41, 5.74) is 0.356. The Morgan fingerprint density at radius 3 is 2.17 bits per heavy atom. The molecule has 0 spiro atoms. The lowest BCUT2D eigenvalue weighted by molar-refractivity contribution is -0.134. The van der Waals surface area contributed by atoms with Crippen LogP contribution in [0.25, 0.3) is 0 Å². The van der Waals surface area contributed by atoms with E-state index >= 15 is 0 Å². The maximum absolute atomic E-state index is 12.2. The molecule has 10 nitrogen and oxygen atoms in total. The molecule has 0 unspecified atom stereocenters. The van der Waals surface area contributed by atoms with Gasteiger partial charge in [0, 0.05) is 24.7 Å². The number of imide groups is 1. The largest absolute Gasteiger partial charge is 0.496 e. The third-order valence-electron chi connectivity index (χ3n) is 4.92. The van der Waals surface area contributed by atoms with E-state index in [1.807, 2.05) is 0 Å². The predicted molar refractivity (Wildman–Crippen MR) is 106 cm³/mol. The summed E-state index contributed by atoms with van der Waals surface area (Å²) in [7, 11) is 1.50. The number of piperidine rings is 3. The number of carboxylic acids is 2. The van der Waals surface area contributed by atoms with E-state index in [0.29, 0.717) is 29.4 Å². The van der Waals surface area contributed by atoms with Gasteiger partial charge in [0.05, 0.1) is 12.7 Å². The average molecular weight is 419 g/mol. The number of aliphatic carboxylic acids is 2. The van der Waals surface area contributed by atoms with E-state index < -0.39 is 23.9 Å². The number of amides is 3. The number of para-hydroxylation sites is 1. The molecule has 4 N–H and O–H groups in total. The topological polar surface area (TPSA) is 145 Å². The van der Waals surface area contributed by atoms with Gasteiger partial charge in [0.2, 0.25) is 0 Å². The number of carboxylic acid groups (broad SMARTS) is 2. The van der Waals surface area contributed by atoms with Crippen LogP contribution >= 0.6 is 0 Å². The van der Waals surface area contributed by atoms with Crippen molar-refractivity contribution in [3.8, 4) is 5.75 Å². The maximum atomic E-state index is 12.2. The highest BCUT2D eigenvalue weighted by Gasteiger charge is 2.35. The van der Waals surface area contributed by atoms with Crippen molar-refractivity contribution in [3.63, 3.8) is 0 Å². The number of carbonyl (C=O) groups is 4. The standard InChI is InChI=1S/C16H21N3O3.C4H4O4/c1-22-14-5-3-2-4-12(14)15(20)18-16(21)17-13-10-19-8-6-11(13)7-9-19;5-3(6)1-2-4(7)8/h2-5,11,13H,6-10H2,1H3,(H2,17,18,20,21);1-2H,(H,5,6)(H,7,8)/b;2-1+/t13-;/m1./s1. The summed E-state index contributed by atoms with van der Waals surface area (Å²) in [6, 6.07) is 6.55. The van der Waals surface area contributed by atoms with Gasteiger partial charge in [-0.2, -0.15) is 0 Å². The molecule has 3 aliphatic rings. The monoisotopic (exact) mass is 419 g/mol. The molecule has 0 aliphatic carbocycles. The minimum absolute atomic E-state index is 0.132. The van der Waals surface area contributed by atoms with Gasteiger partial charge in [0.1, 0.15) is 5.75 Å². The van der Waals surface area contributed by atoms with Crippen molar-refractivity contribution in [3.05, 3.63) is 42.0 Å². The predicted octanol–water partition coefficient (Wildman–Crippen LogP) is 0.941. The van der Waals surface area contributed by atoms with Gasteiger partial charge in [0.25, 0.3) is 5.91 Å². The molecule has 0 aromatic heterocycles. The summed E-state index contributed by atoms with van der Waals surface area (Å²) >= 11 is 0. The van der Waals surface area contributed by atoms with Crippen molar-refractivity contribution in [2.45, 2.75) is 18.9 Å². The molecule has 162 valence electrons. The number of fused-ring (bicyclic) bond motifs is 3. The molecule has 1 aromatic rings. The fraction of sp³-hybridized carbons (Fsp3) is 0.400. The van der Waals surface area contributed by atoms with E-state index in [9.17, 15) is 19.2 Å². The fourth-order valence-corrected chi connectivity index (χ4v) is 3.48. The zero-order chi connectivity index (χ0) is 22.1. The van der Waals surface area contributed by atoms with Crippen LogP contribution in [0.5, 0.6) is 5.75 Å². The highest BCUT2D eigenvalue weighted by Crippen LogP contribution is 2.27. The van der Waals surface area contributed by atoms with Gasteiger partial charge >= 0.3 is 18.0 Å². The molecule has 0 radical (unpaired) electrons. The Morgan fingerprint density at radius 1 is 1.07 bits per heavy atom. The van der Waals surface area contributed by atoms with Crippen LogP contribution in [-0.2, 0) is 9.59 Å². The summed E-state index contributed by atoms with van der Waals surface area (Å²) < 4.78 is 5.14. The van der Waals surface area contributed by atoms with Crippen molar-refractivity contribution >= 4 is 23.9 Å². The average Bonchev–Trinajstić information content (AvgIpc) is 2.73. The number of hydrogen-bond acceptors (Lipinski definition) is 6. The highest BCUT2D eigenvalue weighted by atomic mass is 16.5. The molecule has 3 fully saturated rings. The first kappa shape index (κ1) is 22.9. The van der Waals surface area contributed by atoms with Crippen molar-refractivity contribution in [1.82, 2.24) is 15.5 Å². The quantitative estimate of drug-likeness (QED) is 0.516. The zero-order valence-electron chi connectivity index (χ0n) is 16.5. The van der Waals surface area contributed by atoms with Gasteiger partial charge in [-0.3, -0.25) is 10.1 Å². The lowest BCUT2D eigenvalue weighted by atomic mass is 9.84. The van der Waals surface area contributed by atoms with Crippen LogP contribution in [0.1, 0.15) is 23.2 Å². The molecule has 30 heavy (non-hydrogen) atoms. The minimum atomic E-state index is -1.26. The van der Waals surface area contributed by atoms with Gasteiger partial charge < -0.3 is 25.2 Å². The van der Waals surface area contributed by atoms with Crippen molar-refractivity contribution in [2.24, 2.45) is 5.92 Å². The summed E-state index contributed by atoms with van der Waals surface area (Å²) in [5, 5.41) is 20.9. The maximum Gasteiger partial charge on any atom is 0.328 e. The van der Waals surface area contributed by atoms with E-state index in [1.165, 1.54) is 7.11 Å². The Bertz CT molecular complexity index is 800. The van der Waals surface area contributed by atoms with E-state index in [2.05, 4.69) is 15.5 Å². The number of ether oxygens (including phenoxy) is 1. The lowest BCUT2D eigenvalue weighted by Gasteiger charge is -2.44. The zero-order valence-corrected chi connectivity index (χ0v) is 16.5. The first-order valence-electron chi connectivity index (χ1n) is 9.41. The van der Waals surface area contributed by atoms with Gasteiger partial charge in [-0.1, -0.05) is 12.1 Å². The second kappa shape index (κ2) is 11.0. The molecule has 0 saturated carbocycles. The molecule has 2 bridgehead atoms. The number of rotatable bonds is 5. The number of carbonyl (C=O) groups excluding carboxylic acids is 2. The second-order valence-corrected chi connectivity index (χ2v) is 6.88. The van der Waals surface area contributed by atoms with Gasteiger partial charge in [-0.05, 0) is 44.0 Å². The van der Waals surface area contributed by atoms with Crippen LogP contribution in [-0.4, -0.2) is 71.8 Å². The smallest absolute Gasteiger partial charge is 0.328 e. The van der Waals surface area contributed by atoms with E-state index in [-0.39, 0.29) is 6.04 Å². The molecule has 3 aliphatic heterocycles. The Hall–Kier alpha value is -3.40. The normalized spacial score (nSPS) is 21.8. The lowest BCUT2D eigenvalue weighted by Crippen LogP contribution is -2.59. The molecular formula is C20H25N3O7. The van der Waals surface area contributed by atoms with Crippen LogP contribution < -0.4 is 15.4 Å². The Balaban J connectivity index is 0.000000343. The summed E-state index contributed by atoms with van der Waals surface area (Å²) in [4.78, 5) is 45.7. The number of urea groups is 1. The number of hydrogen-bond donors (Lipinski definition) is 4. The van der Waals surface area contributed by atoms with Gasteiger partial charge in [-0.25, -0.2) is 14.4 Å². The first-order valence-corrected chi connectivity index (χ1v) is 9.41. The molecule has 3 heterocycles. The minimum Gasteiger partial charge on any atom is -0.496 e. The molecule has 3 saturated heterocycles. The molecule has 4 rings (SSSR count). The SMILES string of the molecule is COc1ccccc1C(=O)NC(=O)N[C@@H]1CN2CCC1CC2.O=C(O)/C=C/C(=O)O. The van der Waals surface area contributed by atoms with Crippen molar-refractivity contribution in [2.75, 3.05) is 26.7 Å². The van der Waals surface area contributed by atoms with Gasteiger partial charge in [0.15, 0.2) is 0 Å². The molecular weight excluding hydrogens is 394 g/mol. The van der Waals surface area contributed by atoms with Gasteiger partial charge in [-0.15, -0.1) is 0 Å². The van der Waals surface area contributed by atoms with Crippen molar-refractivity contribution in [1.29, 1.82) is 0 Å². The van der Waals surface area contributed by atoms with Crippen LogP contribution in [0.2, 0.25) is 0 Å². The van der Waals surface area contributed by atoms with Crippen LogP contribution in [0.4, 0.5) is 4.79 Å².